The Bertz CT molecular complexity index is 253. The SMILES string of the molecule is CCCCCCCCn1ccnc1CC. The van der Waals surface area contributed by atoms with Gasteiger partial charge in [0.2, 0.25) is 0 Å². The Hall–Kier alpha value is -0.790. The molecule has 0 aliphatic rings. The van der Waals surface area contributed by atoms with Gasteiger partial charge in [-0.1, -0.05) is 46.0 Å². The highest BCUT2D eigenvalue weighted by molar-refractivity contribution is 4.91. The first-order valence-electron chi connectivity index (χ1n) is 6.38. The molecule has 0 atom stereocenters. The Morgan fingerprint density at radius 2 is 1.80 bits per heavy atom. The zero-order chi connectivity index (χ0) is 10.9. The third kappa shape index (κ3) is 4.50. The van der Waals surface area contributed by atoms with Gasteiger partial charge in [0.25, 0.3) is 0 Å². The average Bonchev–Trinajstić information content (AvgIpc) is 2.70. The van der Waals surface area contributed by atoms with E-state index in [4.69, 9.17) is 0 Å². The molecule has 1 aromatic rings. The van der Waals surface area contributed by atoms with Gasteiger partial charge in [-0.15, -0.1) is 0 Å². The van der Waals surface area contributed by atoms with Crippen LogP contribution in [0, 0.1) is 0 Å². The summed E-state index contributed by atoms with van der Waals surface area (Å²) in [6.45, 7) is 5.58. The molecule has 0 amide bonds. The molecule has 0 radical (unpaired) electrons. The van der Waals surface area contributed by atoms with Gasteiger partial charge in [0.15, 0.2) is 0 Å². The maximum Gasteiger partial charge on any atom is 0.108 e. The average molecular weight is 208 g/mol. The van der Waals surface area contributed by atoms with Gasteiger partial charge in [-0.2, -0.15) is 0 Å². The van der Waals surface area contributed by atoms with Crippen LogP contribution in [0.15, 0.2) is 12.4 Å². The molecule has 1 heterocycles. The number of unbranched alkanes of at least 4 members (excludes halogenated alkanes) is 5. The largest absolute Gasteiger partial charge is 0.335 e. The van der Waals surface area contributed by atoms with Crippen molar-refractivity contribution in [3.8, 4) is 0 Å². The summed E-state index contributed by atoms with van der Waals surface area (Å²) in [6, 6.07) is 0. The molecule has 2 heteroatoms. The van der Waals surface area contributed by atoms with Crippen molar-refractivity contribution in [3.63, 3.8) is 0 Å². The van der Waals surface area contributed by atoms with Crippen molar-refractivity contribution in [2.45, 2.75) is 65.3 Å². The molecule has 2 nitrogen and oxygen atoms in total. The van der Waals surface area contributed by atoms with Crippen molar-refractivity contribution >= 4 is 0 Å². The predicted octanol–water partition coefficient (Wildman–Crippen LogP) is 3.81. The summed E-state index contributed by atoms with van der Waals surface area (Å²) in [5.41, 5.74) is 0. The maximum atomic E-state index is 4.33. The highest BCUT2D eigenvalue weighted by Crippen LogP contribution is 2.07. The van der Waals surface area contributed by atoms with E-state index in [1.807, 2.05) is 6.20 Å². The van der Waals surface area contributed by atoms with Crippen molar-refractivity contribution in [3.05, 3.63) is 18.2 Å². The van der Waals surface area contributed by atoms with Crippen LogP contribution in [0.4, 0.5) is 0 Å². The zero-order valence-electron chi connectivity index (χ0n) is 10.2. The summed E-state index contributed by atoms with van der Waals surface area (Å²) < 4.78 is 2.29. The maximum absolute atomic E-state index is 4.33. The minimum Gasteiger partial charge on any atom is -0.335 e. The van der Waals surface area contributed by atoms with Gasteiger partial charge in [-0.3, -0.25) is 0 Å². The van der Waals surface area contributed by atoms with Crippen molar-refractivity contribution in [2.75, 3.05) is 0 Å². The Kier molecular flexibility index (Phi) is 6.14. The third-order valence-electron chi connectivity index (χ3n) is 2.87. The summed E-state index contributed by atoms with van der Waals surface area (Å²) in [5, 5.41) is 0. The van der Waals surface area contributed by atoms with Crippen LogP contribution in [0.1, 0.15) is 58.2 Å². The van der Waals surface area contributed by atoms with Crippen LogP contribution in [0.25, 0.3) is 0 Å². The van der Waals surface area contributed by atoms with E-state index in [9.17, 15) is 0 Å². The molecule has 0 unspecified atom stereocenters. The molecule has 0 aliphatic heterocycles. The number of hydrogen-bond donors (Lipinski definition) is 0. The van der Waals surface area contributed by atoms with Crippen LogP contribution in [0.3, 0.4) is 0 Å². The van der Waals surface area contributed by atoms with Crippen LogP contribution in [-0.2, 0) is 13.0 Å². The van der Waals surface area contributed by atoms with Crippen LogP contribution in [-0.4, -0.2) is 9.55 Å². The van der Waals surface area contributed by atoms with Gasteiger partial charge >= 0.3 is 0 Å². The number of hydrogen-bond acceptors (Lipinski definition) is 1. The second-order valence-electron chi connectivity index (χ2n) is 4.16. The zero-order valence-corrected chi connectivity index (χ0v) is 10.2. The molecule has 1 aromatic heterocycles. The fraction of sp³-hybridized carbons (Fsp3) is 0.769. The lowest BCUT2D eigenvalue weighted by molar-refractivity contribution is 0.547. The first-order chi connectivity index (χ1) is 7.38. The first-order valence-corrected chi connectivity index (χ1v) is 6.38. The Morgan fingerprint density at radius 3 is 2.53 bits per heavy atom. The molecule has 0 fully saturated rings. The molecule has 86 valence electrons. The van der Waals surface area contributed by atoms with Gasteiger partial charge in [0, 0.05) is 25.4 Å². The van der Waals surface area contributed by atoms with Gasteiger partial charge in [0.05, 0.1) is 0 Å². The van der Waals surface area contributed by atoms with Crippen molar-refractivity contribution in [1.29, 1.82) is 0 Å². The fourth-order valence-corrected chi connectivity index (χ4v) is 1.92. The summed E-state index contributed by atoms with van der Waals surface area (Å²) in [7, 11) is 0. The smallest absolute Gasteiger partial charge is 0.108 e. The standard InChI is InChI=1S/C13H24N2/c1-3-5-6-7-8-9-11-15-12-10-14-13(15)4-2/h10,12H,3-9,11H2,1-2H3. The van der Waals surface area contributed by atoms with E-state index in [-0.39, 0.29) is 0 Å². The van der Waals surface area contributed by atoms with Crippen molar-refractivity contribution in [2.24, 2.45) is 0 Å². The number of imidazole rings is 1. The molecule has 0 aromatic carbocycles. The van der Waals surface area contributed by atoms with E-state index in [2.05, 4.69) is 29.6 Å². The molecule has 0 bridgehead atoms. The molecule has 15 heavy (non-hydrogen) atoms. The monoisotopic (exact) mass is 208 g/mol. The molecule has 0 saturated carbocycles. The molecule has 0 spiro atoms. The highest BCUT2D eigenvalue weighted by Gasteiger charge is 1.98. The molecular weight excluding hydrogens is 184 g/mol. The van der Waals surface area contributed by atoms with Gasteiger partial charge in [0.1, 0.15) is 5.82 Å². The summed E-state index contributed by atoms with van der Waals surface area (Å²) in [5.74, 6) is 1.23. The lowest BCUT2D eigenvalue weighted by Crippen LogP contribution is -2.01. The van der Waals surface area contributed by atoms with Crippen LogP contribution >= 0.6 is 0 Å². The number of aryl methyl sites for hydroxylation is 2. The Morgan fingerprint density at radius 1 is 1.07 bits per heavy atom. The van der Waals surface area contributed by atoms with Crippen LogP contribution in [0.5, 0.6) is 0 Å². The summed E-state index contributed by atoms with van der Waals surface area (Å²) in [4.78, 5) is 4.33. The van der Waals surface area contributed by atoms with Crippen LogP contribution in [0.2, 0.25) is 0 Å². The molecule has 0 aliphatic carbocycles. The minimum atomic E-state index is 1.04. The second kappa shape index (κ2) is 7.49. The van der Waals surface area contributed by atoms with Crippen molar-refractivity contribution < 1.29 is 0 Å². The number of aromatic nitrogens is 2. The predicted molar refractivity (Wildman–Crippen MR) is 65.0 cm³/mol. The highest BCUT2D eigenvalue weighted by atomic mass is 15.1. The number of nitrogens with zero attached hydrogens (tertiary/aromatic N) is 2. The lowest BCUT2D eigenvalue weighted by Gasteiger charge is -2.05. The molecular formula is C13H24N2. The molecule has 0 saturated heterocycles. The topological polar surface area (TPSA) is 17.8 Å². The van der Waals surface area contributed by atoms with E-state index < -0.39 is 0 Å². The van der Waals surface area contributed by atoms with Gasteiger partial charge < -0.3 is 4.57 Å². The van der Waals surface area contributed by atoms with E-state index in [1.54, 1.807) is 0 Å². The molecule has 1 rings (SSSR count). The quantitative estimate of drug-likeness (QED) is 0.594. The summed E-state index contributed by atoms with van der Waals surface area (Å²) >= 11 is 0. The Labute approximate surface area is 93.7 Å². The van der Waals surface area contributed by atoms with Crippen molar-refractivity contribution in [1.82, 2.24) is 9.55 Å². The van der Waals surface area contributed by atoms with Crippen LogP contribution < -0.4 is 0 Å². The van der Waals surface area contributed by atoms with E-state index in [0.29, 0.717) is 0 Å². The third-order valence-corrected chi connectivity index (χ3v) is 2.87. The second-order valence-corrected chi connectivity index (χ2v) is 4.16. The number of rotatable bonds is 8. The van der Waals surface area contributed by atoms with E-state index in [1.165, 1.54) is 44.3 Å². The molecule has 0 N–H and O–H groups in total. The Balaban J connectivity index is 2.09. The van der Waals surface area contributed by atoms with E-state index >= 15 is 0 Å². The van der Waals surface area contributed by atoms with Gasteiger partial charge in [-0.25, -0.2) is 4.98 Å². The fourth-order valence-electron chi connectivity index (χ4n) is 1.92. The first kappa shape index (κ1) is 12.3. The normalized spacial score (nSPS) is 10.8. The van der Waals surface area contributed by atoms with Gasteiger partial charge in [-0.05, 0) is 6.42 Å². The lowest BCUT2D eigenvalue weighted by atomic mass is 10.1. The minimum absolute atomic E-state index is 1.04. The summed E-state index contributed by atoms with van der Waals surface area (Å²) in [6.07, 6.45) is 13.2. The van der Waals surface area contributed by atoms with E-state index in [0.717, 1.165) is 13.0 Å².